The molecule has 0 bridgehead atoms. The second-order valence-corrected chi connectivity index (χ2v) is 8.95. The van der Waals surface area contributed by atoms with Crippen molar-refractivity contribution in [2.45, 2.75) is 33.3 Å². The smallest absolute Gasteiger partial charge is 0.414 e. The number of allylic oxidation sites excluding steroid dienone is 1. The van der Waals surface area contributed by atoms with Crippen molar-refractivity contribution in [3.8, 4) is 0 Å². The summed E-state index contributed by atoms with van der Waals surface area (Å²) < 4.78 is 5.32. The van der Waals surface area contributed by atoms with E-state index in [0.717, 1.165) is 21.9 Å². The summed E-state index contributed by atoms with van der Waals surface area (Å²) in [7, 11) is 1.49. The molecule has 2 N–H and O–H groups in total. The number of benzene rings is 3. The minimum atomic E-state index is -1.23. The molecule has 0 aliphatic carbocycles. The lowest BCUT2D eigenvalue weighted by molar-refractivity contribution is -0.111. The minimum absolute atomic E-state index is 0.126. The summed E-state index contributed by atoms with van der Waals surface area (Å²) >= 11 is 0. The molecular formula is C27H28N2O5. The number of fused-ring (bicyclic) bond motifs is 1. The Labute approximate surface area is 198 Å². The Bertz CT molecular complexity index is 1290. The molecule has 0 spiro atoms. The van der Waals surface area contributed by atoms with Crippen molar-refractivity contribution in [2.24, 2.45) is 0 Å². The number of rotatable bonds is 5. The Morgan fingerprint density at radius 2 is 1.65 bits per heavy atom. The van der Waals surface area contributed by atoms with Crippen LogP contribution < -0.4 is 10.2 Å². The van der Waals surface area contributed by atoms with Crippen molar-refractivity contribution in [2.75, 3.05) is 17.3 Å². The van der Waals surface area contributed by atoms with E-state index >= 15 is 0 Å². The molecule has 176 valence electrons. The van der Waals surface area contributed by atoms with Crippen molar-refractivity contribution in [3.05, 3.63) is 77.9 Å². The molecule has 0 aliphatic rings. The quantitative estimate of drug-likeness (QED) is 0.459. The average Bonchev–Trinajstić information content (AvgIpc) is 2.77. The first-order valence-electron chi connectivity index (χ1n) is 10.8. The van der Waals surface area contributed by atoms with Crippen molar-refractivity contribution in [1.29, 1.82) is 0 Å². The molecule has 0 aliphatic heterocycles. The van der Waals surface area contributed by atoms with E-state index in [1.54, 1.807) is 26.8 Å². The number of aromatic carboxylic acids is 1. The SMILES string of the molecule is C/C(=C/C(=O)Nc1ccc(N(C)C(=O)OC(C)(C)C)cc1C(=O)O)c1ccc2ccccc2c1. The Kier molecular flexibility index (Phi) is 7.05. The molecule has 0 radical (unpaired) electrons. The predicted molar refractivity (Wildman–Crippen MR) is 134 cm³/mol. The number of hydrogen-bond acceptors (Lipinski definition) is 4. The van der Waals surface area contributed by atoms with Gasteiger partial charge in [-0.05, 0) is 73.9 Å². The van der Waals surface area contributed by atoms with Crippen LogP contribution in [-0.4, -0.2) is 35.7 Å². The van der Waals surface area contributed by atoms with Gasteiger partial charge in [0.25, 0.3) is 0 Å². The van der Waals surface area contributed by atoms with Crippen molar-refractivity contribution >= 4 is 45.7 Å². The number of nitrogens with one attached hydrogen (secondary N) is 1. The molecule has 0 saturated carbocycles. The average molecular weight is 461 g/mol. The van der Waals surface area contributed by atoms with E-state index < -0.39 is 23.6 Å². The van der Waals surface area contributed by atoms with Crippen LogP contribution in [0.1, 0.15) is 43.6 Å². The Balaban J connectivity index is 1.81. The van der Waals surface area contributed by atoms with E-state index in [2.05, 4.69) is 5.32 Å². The number of carbonyl (C=O) groups is 3. The summed E-state index contributed by atoms with van der Waals surface area (Å²) in [5.74, 6) is -1.69. The maximum Gasteiger partial charge on any atom is 0.414 e. The maximum atomic E-state index is 12.7. The monoisotopic (exact) mass is 460 g/mol. The van der Waals surface area contributed by atoms with Gasteiger partial charge in [-0.25, -0.2) is 9.59 Å². The third kappa shape index (κ3) is 6.01. The van der Waals surface area contributed by atoms with Crippen LogP contribution in [0.15, 0.2) is 66.7 Å². The molecule has 2 amide bonds. The fraction of sp³-hybridized carbons (Fsp3) is 0.222. The second kappa shape index (κ2) is 9.79. The van der Waals surface area contributed by atoms with Gasteiger partial charge in [0, 0.05) is 18.8 Å². The van der Waals surface area contributed by atoms with Gasteiger partial charge in [-0.2, -0.15) is 0 Å². The Morgan fingerprint density at radius 3 is 2.29 bits per heavy atom. The third-order valence-electron chi connectivity index (χ3n) is 5.10. The number of carbonyl (C=O) groups excluding carboxylic acids is 2. The summed E-state index contributed by atoms with van der Waals surface area (Å²) in [6, 6.07) is 18.2. The van der Waals surface area contributed by atoms with E-state index in [-0.39, 0.29) is 11.3 Å². The zero-order valence-corrected chi connectivity index (χ0v) is 19.9. The van der Waals surface area contributed by atoms with Gasteiger partial charge < -0.3 is 15.2 Å². The lowest BCUT2D eigenvalue weighted by atomic mass is 10.0. The van der Waals surface area contributed by atoms with Gasteiger partial charge in [0.15, 0.2) is 0 Å². The highest BCUT2D eigenvalue weighted by Gasteiger charge is 2.22. The Hall–Kier alpha value is -4.13. The standard InChI is InChI=1S/C27H28N2O5/c1-17(19-11-10-18-8-6-7-9-20(18)15-19)14-24(30)28-23-13-12-21(16-22(23)25(31)32)29(5)26(33)34-27(2,3)4/h6-16H,1-5H3,(H,28,30)(H,31,32)/b17-14-. The zero-order chi connectivity index (χ0) is 25.0. The molecular weight excluding hydrogens is 432 g/mol. The zero-order valence-electron chi connectivity index (χ0n) is 19.9. The lowest BCUT2D eigenvalue weighted by Gasteiger charge is -2.25. The molecule has 0 heterocycles. The molecule has 0 fully saturated rings. The summed E-state index contributed by atoms with van der Waals surface area (Å²) in [6.07, 6.45) is 0.811. The Morgan fingerprint density at radius 1 is 0.971 bits per heavy atom. The van der Waals surface area contributed by atoms with Crippen LogP contribution in [0.3, 0.4) is 0 Å². The molecule has 3 aromatic carbocycles. The highest BCUT2D eigenvalue weighted by molar-refractivity contribution is 6.08. The number of hydrogen-bond donors (Lipinski definition) is 2. The van der Waals surface area contributed by atoms with Crippen LogP contribution in [0.5, 0.6) is 0 Å². The number of anilines is 2. The van der Waals surface area contributed by atoms with Gasteiger partial charge >= 0.3 is 12.1 Å². The van der Waals surface area contributed by atoms with Crippen LogP contribution >= 0.6 is 0 Å². The van der Waals surface area contributed by atoms with Crippen LogP contribution in [0, 0.1) is 0 Å². The van der Waals surface area contributed by atoms with E-state index in [4.69, 9.17) is 4.74 Å². The maximum absolute atomic E-state index is 12.7. The number of nitrogens with zero attached hydrogens (tertiary/aromatic N) is 1. The summed E-state index contributed by atoms with van der Waals surface area (Å²) in [6.45, 7) is 7.05. The van der Waals surface area contributed by atoms with E-state index in [1.807, 2.05) is 49.4 Å². The predicted octanol–water partition coefficient (Wildman–Crippen LogP) is 5.95. The van der Waals surface area contributed by atoms with Crippen LogP contribution in [-0.2, 0) is 9.53 Å². The first-order valence-corrected chi connectivity index (χ1v) is 10.8. The third-order valence-corrected chi connectivity index (χ3v) is 5.10. The normalized spacial score (nSPS) is 11.7. The first-order chi connectivity index (χ1) is 15.9. The molecule has 0 atom stereocenters. The van der Waals surface area contributed by atoms with Crippen molar-refractivity contribution < 1.29 is 24.2 Å². The van der Waals surface area contributed by atoms with Crippen LogP contribution in [0.2, 0.25) is 0 Å². The fourth-order valence-electron chi connectivity index (χ4n) is 3.35. The van der Waals surface area contributed by atoms with Gasteiger partial charge in [-0.1, -0.05) is 36.4 Å². The molecule has 0 aromatic heterocycles. The molecule has 3 aromatic rings. The van der Waals surface area contributed by atoms with Gasteiger partial charge in [0.05, 0.1) is 11.3 Å². The van der Waals surface area contributed by atoms with Gasteiger partial charge in [-0.3, -0.25) is 9.69 Å². The number of carboxylic acid groups (broad SMARTS) is 1. The highest BCUT2D eigenvalue weighted by atomic mass is 16.6. The van der Waals surface area contributed by atoms with E-state index in [9.17, 15) is 19.5 Å². The summed E-state index contributed by atoms with van der Waals surface area (Å²) in [4.78, 5) is 38.0. The molecule has 3 rings (SSSR count). The van der Waals surface area contributed by atoms with Gasteiger partial charge in [0.1, 0.15) is 5.60 Å². The first kappa shape index (κ1) is 24.5. The molecule has 0 saturated heterocycles. The molecule has 34 heavy (non-hydrogen) atoms. The van der Waals surface area contributed by atoms with Gasteiger partial charge in [-0.15, -0.1) is 0 Å². The summed E-state index contributed by atoms with van der Waals surface area (Å²) in [5, 5.41) is 14.5. The fourth-order valence-corrected chi connectivity index (χ4v) is 3.35. The number of carboxylic acids is 1. The lowest BCUT2D eigenvalue weighted by Crippen LogP contribution is -2.34. The van der Waals surface area contributed by atoms with Crippen molar-refractivity contribution in [1.82, 2.24) is 0 Å². The molecule has 0 unspecified atom stereocenters. The summed E-state index contributed by atoms with van der Waals surface area (Å²) in [5.41, 5.74) is 1.25. The number of amides is 2. The largest absolute Gasteiger partial charge is 0.478 e. The second-order valence-electron chi connectivity index (χ2n) is 8.95. The van der Waals surface area contributed by atoms with Crippen LogP contribution in [0.4, 0.5) is 16.2 Å². The van der Waals surface area contributed by atoms with E-state index in [1.165, 1.54) is 30.2 Å². The minimum Gasteiger partial charge on any atom is -0.478 e. The highest BCUT2D eigenvalue weighted by Crippen LogP contribution is 2.25. The van der Waals surface area contributed by atoms with Crippen molar-refractivity contribution in [3.63, 3.8) is 0 Å². The molecule has 7 heteroatoms. The molecule has 7 nitrogen and oxygen atoms in total. The topological polar surface area (TPSA) is 95.9 Å². The van der Waals surface area contributed by atoms with Crippen LogP contribution in [0.25, 0.3) is 16.3 Å². The van der Waals surface area contributed by atoms with E-state index in [0.29, 0.717) is 5.69 Å². The number of ether oxygens (including phenoxy) is 1. The van der Waals surface area contributed by atoms with Gasteiger partial charge in [0.2, 0.25) is 5.91 Å².